The highest BCUT2D eigenvalue weighted by Gasteiger charge is 2.28. The van der Waals surface area contributed by atoms with Gasteiger partial charge in [0.15, 0.2) is 5.75 Å². The van der Waals surface area contributed by atoms with Gasteiger partial charge in [-0.2, -0.15) is 0 Å². The van der Waals surface area contributed by atoms with E-state index in [1.165, 1.54) is 7.11 Å². The molecule has 0 aliphatic carbocycles. The Morgan fingerprint density at radius 1 is 1.00 bits per heavy atom. The number of methoxy groups -OCH3 is 1. The van der Waals surface area contributed by atoms with Crippen LogP contribution in [0, 0.1) is 0 Å². The third kappa shape index (κ3) is 4.91. The summed E-state index contributed by atoms with van der Waals surface area (Å²) in [6.45, 7) is 6.75. The number of esters is 2. The molecule has 2 aromatic rings. The molecule has 34 heavy (non-hydrogen) atoms. The molecule has 1 aromatic carbocycles. The summed E-state index contributed by atoms with van der Waals surface area (Å²) in [5.74, 6) is -1.04. The average Bonchev–Trinajstić information content (AvgIpc) is 2.88. The van der Waals surface area contributed by atoms with Crippen LogP contribution in [0.4, 0.5) is 5.95 Å². The molecule has 1 fully saturated rings. The van der Waals surface area contributed by atoms with E-state index in [0.717, 1.165) is 12.2 Å². The van der Waals surface area contributed by atoms with Gasteiger partial charge >= 0.3 is 11.9 Å². The van der Waals surface area contributed by atoms with E-state index in [9.17, 15) is 14.4 Å². The summed E-state index contributed by atoms with van der Waals surface area (Å²) < 4.78 is 16.4. The Labute approximate surface area is 196 Å². The first-order valence-electron chi connectivity index (χ1n) is 11.0. The Bertz CT molecular complexity index is 1170. The highest BCUT2D eigenvalue weighted by molar-refractivity contribution is 5.94. The van der Waals surface area contributed by atoms with Gasteiger partial charge in [-0.05, 0) is 18.1 Å². The van der Waals surface area contributed by atoms with Crippen LogP contribution in [-0.4, -0.2) is 60.1 Å². The zero-order valence-electron chi connectivity index (χ0n) is 19.3. The zero-order chi connectivity index (χ0) is 24.2. The summed E-state index contributed by atoms with van der Waals surface area (Å²) in [5.41, 5.74) is 0.363. The minimum Gasteiger partial charge on any atom is -0.490 e. The van der Waals surface area contributed by atoms with Crippen LogP contribution in [0.1, 0.15) is 30.9 Å². The molecule has 2 aliphatic rings. The maximum atomic E-state index is 13.5. The van der Waals surface area contributed by atoms with Gasteiger partial charge in [-0.15, -0.1) is 0 Å². The predicted octanol–water partition coefficient (Wildman–Crippen LogP) is 1.67. The normalized spacial score (nSPS) is 17.4. The molecule has 10 heteroatoms. The first-order valence-corrected chi connectivity index (χ1v) is 11.0. The fourth-order valence-electron chi connectivity index (χ4n) is 4.03. The van der Waals surface area contributed by atoms with Gasteiger partial charge in [-0.25, -0.2) is 19.6 Å². The summed E-state index contributed by atoms with van der Waals surface area (Å²) >= 11 is 0. The molecule has 1 saturated heterocycles. The Balaban J connectivity index is 1.70. The highest BCUT2D eigenvalue weighted by atomic mass is 16.6. The smallest absolute Gasteiger partial charge is 0.336 e. The molecule has 3 heterocycles. The summed E-state index contributed by atoms with van der Waals surface area (Å²) in [5, 5.41) is 0. The molecule has 0 N–H and O–H groups in total. The molecule has 178 valence electrons. The van der Waals surface area contributed by atoms with Gasteiger partial charge in [0.2, 0.25) is 17.1 Å². The van der Waals surface area contributed by atoms with Gasteiger partial charge in [0, 0.05) is 68.4 Å². The molecule has 1 aromatic heterocycles. The lowest BCUT2D eigenvalue weighted by molar-refractivity contribution is -0.131. The molecule has 0 unspecified atom stereocenters. The van der Waals surface area contributed by atoms with Crippen molar-refractivity contribution < 1.29 is 23.8 Å². The molecule has 4 rings (SSSR count). The molecule has 2 aliphatic heterocycles. The minimum absolute atomic E-state index is 0.0286. The van der Waals surface area contributed by atoms with Crippen molar-refractivity contribution in [3.8, 4) is 17.2 Å². The van der Waals surface area contributed by atoms with Crippen molar-refractivity contribution in [2.75, 3.05) is 38.2 Å². The van der Waals surface area contributed by atoms with Crippen molar-refractivity contribution in [2.45, 2.75) is 26.3 Å². The molecular weight excluding hydrogens is 440 g/mol. The Kier molecular flexibility index (Phi) is 6.87. The zero-order valence-corrected chi connectivity index (χ0v) is 19.3. The summed E-state index contributed by atoms with van der Waals surface area (Å²) in [6.07, 6.45) is 5.37. The number of carbonyl (C=O) groups is 2. The van der Waals surface area contributed by atoms with Crippen LogP contribution in [0.2, 0.25) is 0 Å². The lowest BCUT2D eigenvalue weighted by Crippen LogP contribution is -2.46. The standard InChI is InChI=1S/C24H26N4O6/c1-15(2)20-17-13-16(14-27-9-11-28(12-10-27)24-25-7-4-8-26-24)21(31)23(32-3)22(20)34-19(30)6-5-18(29)33-17/h4-8,13,15H,9-12,14H2,1-3H3/b6-5+. The number of carbonyl (C=O) groups excluding carboxylic acids is 2. The third-order valence-corrected chi connectivity index (χ3v) is 5.67. The number of hydrogen-bond donors (Lipinski definition) is 0. The average molecular weight is 466 g/mol. The maximum Gasteiger partial charge on any atom is 0.336 e. The second kappa shape index (κ2) is 10.0. The van der Waals surface area contributed by atoms with Crippen LogP contribution in [0.15, 0.2) is 41.5 Å². The van der Waals surface area contributed by atoms with E-state index >= 15 is 0 Å². The highest BCUT2D eigenvalue weighted by Crippen LogP contribution is 2.40. The predicted molar refractivity (Wildman–Crippen MR) is 123 cm³/mol. The number of fused-ring (bicyclic) bond motifs is 2. The van der Waals surface area contributed by atoms with E-state index in [1.54, 1.807) is 24.5 Å². The SMILES string of the molecule is COc1c2c(C(C)C)c(cc(CN3CCN(c4ncccn4)CC3)c1=O)OC(=O)/C=C/C(=O)O2. The lowest BCUT2D eigenvalue weighted by atomic mass is 10.0. The molecule has 10 nitrogen and oxygen atoms in total. The number of piperazine rings is 1. The van der Waals surface area contributed by atoms with Crippen LogP contribution < -0.4 is 24.5 Å². The molecule has 0 atom stereocenters. The quantitative estimate of drug-likeness (QED) is 0.603. The number of ether oxygens (including phenoxy) is 3. The fourth-order valence-corrected chi connectivity index (χ4v) is 4.03. The molecule has 0 saturated carbocycles. The van der Waals surface area contributed by atoms with E-state index < -0.39 is 17.4 Å². The third-order valence-electron chi connectivity index (χ3n) is 5.67. The van der Waals surface area contributed by atoms with Crippen molar-refractivity contribution in [3.63, 3.8) is 0 Å². The molecular formula is C24H26N4O6. The Hall–Kier alpha value is -3.79. The molecule has 2 bridgehead atoms. The van der Waals surface area contributed by atoms with Crippen molar-refractivity contribution in [1.29, 1.82) is 0 Å². The van der Waals surface area contributed by atoms with E-state index in [1.807, 2.05) is 13.8 Å². The van der Waals surface area contributed by atoms with E-state index in [0.29, 0.717) is 49.8 Å². The van der Waals surface area contributed by atoms with Crippen LogP contribution in [0.3, 0.4) is 0 Å². The second-order valence-corrected chi connectivity index (χ2v) is 8.28. The summed E-state index contributed by atoms with van der Waals surface area (Å²) in [7, 11) is 1.35. The topological polar surface area (TPSA) is 111 Å². The van der Waals surface area contributed by atoms with Gasteiger partial charge in [-0.1, -0.05) is 13.8 Å². The van der Waals surface area contributed by atoms with Gasteiger partial charge < -0.3 is 19.1 Å². The molecule has 0 radical (unpaired) electrons. The molecule has 0 amide bonds. The van der Waals surface area contributed by atoms with E-state index in [4.69, 9.17) is 14.2 Å². The number of rotatable bonds is 5. The van der Waals surface area contributed by atoms with Gasteiger partial charge in [-0.3, -0.25) is 9.69 Å². The van der Waals surface area contributed by atoms with Crippen molar-refractivity contribution >= 4 is 17.9 Å². The van der Waals surface area contributed by atoms with Crippen LogP contribution >= 0.6 is 0 Å². The van der Waals surface area contributed by atoms with Crippen molar-refractivity contribution in [2.24, 2.45) is 0 Å². The number of anilines is 1. The number of nitrogens with zero attached hydrogens (tertiary/aromatic N) is 4. The van der Waals surface area contributed by atoms with Crippen LogP contribution in [0.25, 0.3) is 0 Å². The van der Waals surface area contributed by atoms with Gasteiger partial charge in [0.25, 0.3) is 0 Å². The second-order valence-electron chi connectivity index (χ2n) is 8.28. The summed E-state index contributed by atoms with van der Waals surface area (Å²) in [4.78, 5) is 50.8. The first-order chi connectivity index (χ1) is 16.4. The molecule has 0 spiro atoms. The van der Waals surface area contributed by atoms with Crippen molar-refractivity contribution in [1.82, 2.24) is 14.9 Å². The van der Waals surface area contributed by atoms with Crippen LogP contribution in [0.5, 0.6) is 17.2 Å². The first kappa shape index (κ1) is 23.4. The maximum absolute atomic E-state index is 13.5. The monoisotopic (exact) mass is 466 g/mol. The van der Waals surface area contributed by atoms with E-state index in [-0.39, 0.29) is 23.2 Å². The van der Waals surface area contributed by atoms with Crippen LogP contribution in [-0.2, 0) is 16.1 Å². The summed E-state index contributed by atoms with van der Waals surface area (Å²) in [6, 6.07) is 3.33. The Morgan fingerprint density at radius 3 is 2.26 bits per heavy atom. The largest absolute Gasteiger partial charge is 0.490 e. The van der Waals surface area contributed by atoms with Crippen molar-refractivity contribution in [3.05, 3.63) is 58.0 Å². The number of aromatic nitrogens is 2. The Morgan fingerprint density at radius 2 is 1.65 bits per heavy atom. The van der Waals surface area contributed by atoms with E-state index in [2.05, 4.69) is 19.8 Å². The lowest BCUT2D eigenvalue weighted by Gasteiger charge is -2.34. The minimum atomic E-state index is -0.795. The number of hydrogen-bond acceptors (Lipinski definition) is 10. The van der Waals surface area contributed by atoms with Gasteiger partial charge in [0.1, 0.15) is 5.75 Å². The fraction of sp³-hybridized carbons (Fsp3) is 0.375. The van der Waals surface area contributed by atoms with Gasteiger partial charge in [0.05, 0.1) is 7.11 Å².